The summed E-state index contributed by atoms with van der Waals surface area (Å²) in [5, 5.41) is 7.41. The van der Waals surface area contributed by atoms with E-state index >= 15 is 0 Å². The molecule has 2 saturated carbocycles. The summed E-state index contributed by atoms with van der Waals surface area (Å²) in [6, 6.07) is 5.80. The van der Waals surface area contributed by atoms with Crippen molar-refractivity contribution in [2.45, 2.75) is 38.6 Å². The molecule has 2 fully saturated rings. The normalized spacial score (nSPS) is 21.9. The molecule has 22 heavy (non-hydrogen) atoms. The summed E-state index contributed by atoms with van der Waals surface area (Å²) in [6.07, 6.45) is 11.5. The number of pyridine rings is 1. The van der Waals surface area contributed by atoms with Crippen molar-refractivity contribution in [2.24, 2.45) is 11.3 Å². The highest BCUT2D eigenvalue weighted by Crippen LogP contribution is 2.62. The van der Waals surface area contributed by atoms with Gasteiger partial charge in [0.1, 0.15) is 0 Å². The standard InChI is InChI=1S/C17H20N4O/c22-16(14-11-17(14)6-1-2-7-17)19-15-5-10-21(20-15)12-13-3-8-18-9-4-13/h3-5,8-10,14H,1-2,6-7,11-12H2,(H,19,20,22). The third-order valence-corrected chi connectivity index (χ3v) is 5.09. The third kappa shape index (κ3) is 2.51. The lowest BCUT2D eigenvalue weighted by atomic mass is 10.0. The Morgan fingerprint density at radius 3 is 2.82 bits per heavy atom. The van der Waals surface area contributed by atoms with Crippen molar-refractivity contribution in [3.63, 3.8) is 0 Å². The molecule has 1 N–H and O–H groups in total. The van der Waals surface area contributed by atoms with Crippen molar-refractivity contribution < 1.29 is 4.79 Å². The van der Waals surface area contributed by atoms with Crippen LogP contribution in [0.4, 0.5) is 5.82 Å². The zero-order chi connectivity index (χ0) is 15.0. The van der Waals surface area contributed by atoms with Crippen LogP contribution in [0.15, 0.2) is 36.8 Å². The molecular weight excluding hydrogens is 276 g/mol. The lowest BCUT2D eigenvalue weighted by Gasteiger charge is -2.07. The first-order valence-electron chi connectivity index (χ1n) is 7.98. The Hall–Kier alpha value is -2.17. The average molecular weight is 296 g/mol. The maximum absolute atomic E-state index is 12.3. The molecule has 5 nitrogen and oxygen atoms in total. The summed E-state index contributed by atoms with van der Waals surface area (Å²) in [7, 11) is 0. The third-order valence-electron chi connectivity index (χ3n) is 5.09. The van der Waals surface area contributed by atoms with Gasteiger partial charge in [-0.1, -0.05) is 12.8 Å². The number of hydrogen-bond acceptors (Lipinski definition) is 3. The molecule has 2 aliphatic rings. The fourth-order valence-electron chi connectivity index (χ4n) is 3.76. The molecule has 1 unspecified atom stereocenters. The zero-order valence-corrected chi connectivity index (χ0v) is 12.5. The van der Waals surface area contributed by atoms with Gasteiger partial charge in [-0.3, -0.25) is 14.5 Å². The van der Waals surface area contributed by atoms with E-state index in [2.05, 4.69) is 15.4 Å². The zero-order valence-electron chi connectivity index (χ0n) is 12.5. The van der Waals surface area contributed by atoms with Gasteiger partial charge in [-0.25, -0.2) is 0 Å². The fourth-order valence-corrected chi connectivity index (χ4v) is 3.76. The van der Waals surface area contributed by atoms with Crippen molar-refractivity contribution in [3.8, 4) is 0 Å². The minimum absolute atomic E-state index is 0.149. The predicted molar refractivity (Wildman–Crippen MR) is 83.2 cm³/mol. The van der Waals surface area contributed by atoms with E-state index in [4.69, 9.17) is 0 Å². The first kappa shape index (κ1) is 13.5. The Bertz CT molecular complexity index is 673. The quantitative estimate of drug-likeness (QED) is 0.943. The number of carbonyl (C=O) groups excluding carboxylic acids is 1. The molecule has 4 rings (SSSR count). The molecule has 0 aliphatic heterocycles. The van der Waals surface area contributed by atoms with Gasteiger partial charge in [0.25, 0.3) is 0 Å². The van der Waals surface area contributed by atoms with Gasteiger partial charge in [-0.05, 0) is 42.4 Å². The minimum atomic E-state index is 0.149. The molecule has 1 amide bonds. The van der Waals surface area contributed by atoms with Gasteiger partial charge in [-0.15, -0.1) is 0 Å². The van der Waals surface area contributed by atoms with Crippen LogP contribution in [-0.2, 0) is 11.3 Å². The van der Waals surface area contributed by atoms with Crippen LogP contribution in [0.5, 0.6) is 0 Å². The van der Waals surface area contributed by atoms with Crippen molar-refractivity contribution in [1.82, 2.24) is 14.8 Å². The molecule has 114 valence electrons. The molecule has 0 bridgehead atoms. The van der Waals surface area contributed by atoms with E-state index in [1.807, 2.05) is 29.1 Å². The van der Waals surface area contributed by atoms with Crippen LogP contribution < -0.4 is 5.32 Å². The van der Waals surface area contributed by atoms with Gasteiger partial charge in [0.05, 0.1) is 6.54 Å². The Morgan fingerprint density at radius 1 is 1.27 bits per heavy atom. The summed E-state index contributed by atoms with van der Waals surface area (Å²) in [4.78, 5) is 16.3. The van der Waals surface area contributed by atoms with Gasteiger partial charge in [-0.2, -0.15) is 5.10 Å². The van der Waals surface area contributed by atoms with E-state index in [-0.39, 0.29) is 11.8 Å². The highest BCUT2D eigenvalue weighted by Gasteiger charge is 2.58. The first-order chi connectivity index (χ1) is 10.8. The molecule has 2 aromatic rings. The van der Waals surface area contributed by atoms with Crippen molar-refractivity contribution in [3.05, 3.63) is 42.4 Å². The highest BCUT2D eigenvalue weighted by molar-refractivity contribution is 5.94. The second-order valence-electron chi connectivity index (χ2n) is 6.57. The maximum Gasteiger partial charge on any atom is 0.229 e. The number of rotatable bonds is 4. The van der Waals surface area contributed by atoms with Gasteiger partial charge < -0.3 is 5.32 Å². The topological polar surface area (TPSA) is 59.8 Å². The number of hydrogen-bond donors (Lipinski definition) is 1. The predicted octanol–water partition coefficient (Wildman–Crippen LogP) is 2.85. The van der Waals surface area contributed by atoms with Gasteiger partial charge >= 0.3 is 0 Å². The van der Waals surface area contributed by atoms with Crippen molar-refractivity contribution in [2.75, 3.05) is 5.32 Å². The Kier molecular flexibility index (Phi) is 3.21. The molecule has 1 atom stereocenters. The van der Waals surface area contributed by atoms with E-state index in [0.717, 1.165) is 12.0 Å². The smallest absolute Gasteiger partial charge is 0.229 e. The first-order valence-corrected chi connectivity index (χ1v) is 7.98. The molecule has 1 spiro atoms. The fraction of sp³-hybridized carbons (Fsp3) is 0.471. The Balaban J connectivity index is 1.37. The minimum Gasteiger partial charge on any atom is -0.309 e. The van der Waals surface area contributed by atoms with Crippen LogP contribution in [0.1, 0.15) is 37.7 Å². The van der Waals surface area contributed by atoms with Crippen LogP contribution in [0.25, 0.3) is 0 Å². The van der Waals surface area contributed by atoms with E-state index in [0.29, 0.717) is 17.8 Å². The lowest BCUT2D eigenvalue weighted by Crippen LogP contribution is -2.18. The van der Waals surface area contributed by atoms with Crippen molar-refractivity contribution in [1.29, 1.82) is 0 Å². The molecular formula is C17H20N4O. The van der Waals surface area contributed by atoms with E-state index in [1.165, 1.54) is 25.7 Å². The number of aromatic nitrogens is 3. The van der Waals surface area contributed by atoms with Crippen LogP contribution in [0.3, 0.4) is 0 Å². The van der Waals surface area contributed by atoms with Crippen LogP contribution in [-0.4, -0.2) is 20.7 Å². The molecule has 0 radical (unpaired) electrons. The van der Waals surface area contributed by atoms with Crippen LogP contribution in [0, 0.1) is 11.3 Å². The molecule has 2 aromatic heterocycles. The van der Waals surface area contributed by atoms with Gasteiger partial charge in [0.15, 0.2) is 5.82 Å². The van der Waals surface area contributed by atoms with Crippen LogP contribution in [0.2, 0.25) is 0 Å². The summed E-state index contributed by atoms with van der Waals surface area (Å²) >= 11 is 0. The van der Waals surface area contributed by atoms with E-state index in [1.54, 1.807) is 12.4 Å². The van der Waals surface area contributed by atoms with E-state index < -0.39 is 0 Å². The number of carbonyl (C=O) groups is 1. The Morgan fingerprint density at radius 2 is 2.05 bits per heavy atom. The SMILES string of the molecule is O=C(Nc1ccn(Cc2ccncc2)n1)C1CC12CCCC2. The largest absolute Gasteiger partial charge is 0.309 e. The Labute approximate surface area is 129 Å². The van der Waals surface area contributed by atoms with E-state index in [9.17, 15) is 4.79 Å². The molecule has 5 heteroatoms. The van der Waals surface area contributed by atoms with Gasteiger partial charge in [0.2, 0.25) is 5.91 Å². The summed E-state index contributed by atoms with van der Waals surface area (Å²) in [6.45, 7) is 0.686. The van der Waals surface area contributed by atoms with Crippen molar-refractivity contribution >= 4 is 11.7 Å². The molecule has 0 aromatic carbocycles. The van der Waals surface area contributed by atoms with Gasteiger partial charge in [0, 0.05) is 30.6 Å². The second-order valence-corrected chi connectivity index (χ2v) is 6.57. The number of amides is 1. The second kappa shape index (κ2) is 5.23. The highest BCUT2D eigenvalue weighted by atomic mass is 16.2. The molecule has 2 heterocycles. The number of anilines is 1. The number of nitrogens with zero attached hydrogens (tertiary/aromatic N) is 3. The monoisotopic (exact) mass is 296 g/mol. The average Bonchev–Trinajstić information content (AvgIpc) is 2.84. The summed E-state index contributed by atoms with van der Waals surface area (Å²) in [5.41, 5.74) is 1.48. The lowest BCUT2D eigenvalue weighted by molar-refractivity contribution is -0.118. The molecule has 2 aliphatic carbocycles. The molecule has 0 saturated heterocycles. The maximum atomic E-state index is 12.3. The summed E-state index contributed by atoms with van der Waals surface area (Å²) in [5.74, 6) is 1.01. The number of nitrogens with one attached hydrogen (secondary N) is 1. The summed E-state index contributed by atoms with van der Waals surface area (Å²) < 4.78 is 1.84. The van der Waals surface area contributed by atoms with Crippen LogP contribution >= 0.6 is 0 Å².